The van der Waals surface area contributed by atoms with Crippen LogP contribution in [0.5, 0.6) is 16.6 Å². The van der Waals surface area contributed by atoms with Crippen LogP contribution in [0.15, 0.2) is 34.5 Å². The van der Waals surface area contributed by atoms with E-state index in [1.807, 2.05) is 6.92 Å². The summed E-state index contributed by atoms with van der Waals surface area (Å²) < 4.78 is 33.6. The summed E-state index contributed by atoms with van der Waals surface area (Å²) in [4.78, 5) is 10.3. The molecule has 2 aromatic rings. The van der Waals surface area contributed by atoms with Gasteiger partial charge in [0, 0.05) is 12.3 Å². The summed E-state index contributed by atoms with van der Waals surface area (Å²) in [7, 11) is -3.53. The zero-order valence-corrected chi connectivity index (χ0v) is 13.4. The van der Waals surface area contributed by atoms with Crippen LogP contribution in [0.4, 0.5) is 5.69 Å². The summed E-state index contributed by atoms with van der Waals surface area (Å²) in [6.45, 7) is 2.38. The molecule has 0 amide bonds. The van der Waals surface area contributed by atoms with Gasteiger partial charge in [0.1, 0.15) is 15.7 Å². The Hall–Kier alpha value is -2.13. The molecule has 0 saturated carbocycles. The van der Waals surface area contributed by atoms with E-state index in [-0.39, 0.29) is 15.0 Å². The Labute approximate surface area is 131 Å². The Morgan fingerprint density at radius 3 is 2.32 bits per heavy atom. The van der Waals surface area contributed by atoms with Crippen LogP contribution in [-0.4, -0.2) is 26.2 Å². The lowest BCUT2D eigenvalue weighted by atomic mass is 10.3. The molecular weight excluding hydrogens is 330 g/mol. The number of nitro groups is 1. The molecule has 0 unspecified atom stereocenters. The third-order valence-electron chi connectivity index (χ3n) is 2.56. The SMILES string of the molecule is CCOc1ccc(Oc2sc(S(C)(=O)=O)cc2[N+](=O)[O-])cc1. The summed E-state index contributed by atoms with van der Waals surface area (Å²) in [6.07, 6.45) is 0.989. The number of sulfone groups is 1. The van der Waals surface area contributed by atoms with Gasteiger partial charge in [0.05, 0.1) is 11.5 Å². The third kappa shape index (κ3) is 3.74. The Kier molecular flexibility index (Phi) is 4.67. The van der Waals surface area contributed by atoms with Crippen LogP contribution in [0.2, 0.25) is 0 Å². The molecule has 0 spiro atoms. The van der Waals surface area contributed by atoms with Gasteiger partial charge < -0.3 is 9.47 Å². The number of benzene rings is 1. The maximum absolute atomic E-state index is 11.5. The molecule has 0 radical (unpaired) electrons. The second-order valence-electron chi connectivity index (χ2n) is 4.27. The fourth-order valence-corrected chi connectivity index (χ4v) is 3.49. The van der Waals surface area contributed by atoms with Crippen molar-refractivity contribution in [1.29, 1.82) is 0 Å². The lowest BCUT2D eigenvalue weighted by Crippen LogP contribution is -1.92. The van der Waals surface area contributed by atoms with Gasteiger partial charge in [-0.3, -0.25) is 10.1 Å². The van der Waals surface area contributed by atoms with Gasteiger partial charge in [-0.25, -0.2) is 8.42 Å². The van der Waals surface area contributed by atoms with Crippen LogP contribution < -0.4 is 9.47 Å². The molecule has 1 aromatic carbocycles. The third-order valence-corrected chi connectivity index (χ3v) is 5.37. The lowest BCUT2D eigenvalue weighted by Gasteiger charge is -2.05. The molecule has 2 rings (SSSR count). The average Bonchev–Trinajstić information content (AvgIpc) is 2.85. The van der Waals surface area contributed by atoms with Crippen molar-refractivity contribution in [3.63, 3.8) is 0 Å². The fourth-order valence-electron chi connectivity index (χ4n) is 1.60. The van der Waals surface area contributed by atoms with Crippen molar-refractivity contribution >= 4 is 26.9 Å². The molecule has 118 valence electrons. The highest BCUT2D eigenvalue weighted by atomic mass is 32.2. The molecule has 0 fully saturated rings. The van der Waals surface area contributed by atoms with Crippen LogP contribution >= 0.6 is 11.3 Å². The van der Waals surface area contributed by atoms with Crippen LogP contribution in [0, 0.1) is 10.1 Å². The lowest BCUT2D eigenvalue weighted by molar-refractivity contribution is -0.385. The Bertz CT molecular complexity index is 779. The second kappa shape index (κ2) is 6.32. The van der Waals surface area contributed by atoms with Crippen molar-refractivity contribution in [3.05, 3.63) is 40.4 Å². The first-order valence-corrected chi connectivity index (χ1v) is 8.91. The van der Waals surface area contributed by atoms with E-state index in [2.05, 4.69) is 0 Å². The second-order valence-corrected chi connectivity index (χ2v) is 7.53. The molecule has 1 heterocycles. The van der Waals surface area contributed by atoms with Gasteiger partial charge in [-0.15, -0.1) is 0 Å². The van der Waals surface area contributed by atoms with E-state index in [0.717, 1.165) is 23.7 Å². The number of nitrogens with zero attached hydrogens (tertiary/aromatic N) is 1. The van der Waals surface area contributed by atoms with Crippen LogP contribution in [0.25, 0.3) is 0 Å². The number of thiophene rings is 1. The van der Waals surface area contributed by atoms with E-state index in [9.17, 15) is 18.5 Å². The molecule has 1 aromatic heterocycles. The highest BCUT2D eigenvalue weighted by Crippen LogP contribution is 2.41. The first kappa shape index (κ1) is 16.2. The van der Waals surface area contributed by atoms with Crippen molar-refractivity contribution in [2.24, 2.45) is 0 Å². The summed E-state index contributed by atoms with van der Waals surface area (Å²) in [5.74, 6) is 1.00. The van der Waals surface area contributed by atoms with Crippen LogP contribution in [0.3, 0.4) is 0 Å². The minimum absolute atomic E-state index is 0.0745. The molecular formula is C13H13NO6S2. The minimum Gasteiger partial charge on any atom is -0.494 e. The predicted molar refractivity (Wildman–Crippen MR) is 81.8 cm³/mol. The Balaban J connectivity index is 2.32. The van der Waals surface area contributed by atoms with Crippen LogP contribution in [0.1, 0.15) is 6.92 Å². The zero-order valence-electron chi connectivity index (χ0n) is 11.8. The Morgan fingerprint density at radius 1 is 1.23 bits per heavy atom. The summed E-state index contributed by atoms with van der Waals surface area (Å²) in [5, 5.41) is 10.9. The molecule has 0 aliphatic heterocycles. The average molecular weight is 343 g/mol. The van der Waals surface area contributed by atoms with E-state index in [1.165, 1.54) is 0 Å². The highest BCUT2D eigenvalue weighted by molar-refractivity contribution is 7.92. The molecule has 9 heteroatoms. The normalized spacial score (nSPS) is 11.2. The summed E-state index contributed by atoms with van der Waals surface area (Å²) in [5.41, 5.74) is -0.376. The maximum Gasteiger partial charge on any atom is 0.324 e. The van der Waals surface area contributed by atoms with Crippen LogP contribution in [-0.2, 0) is 9.84 Å². The van der Waals surface area contributed by atoms with Crippen molar-refractivity contribution in [3.8, 4) is 16.6 Å². The molecule has 0 aliphatic carbocycles. The zero-order chi connectivity index (χ0) is 16.3. The van der Waals surface area contributed by atoms with E-state index in [1.54, 1.807) is 24.3 Å². The van der Waals surface area contributed by atoms with Crippen molar-refractivity contribution in [2.75, 3.05) is 12.9 Å². The standard InChI is InChI=1S/C13H13NO6S2/c1-3-19-9-4-6-10(7-5-9)20-13-11(14(15)16)8-12(21-13)22(2,17)18/h4-8H,3H2,1-2H3. The quantitative estimate of drug-likeness (QED) is 0.590. The predicted octanol–water partition coefficient (Wildman–Crippen LogP) is 3.25. The van der Waals surface area contributed by atoms with E-state index >= 15 is 0 Å². The number of hydrogen-bond acceptors (Lipinski definition) is 7. The molecule has 7 nitrogen and oxygen atoms in total. The number of ether oxygens (including phenoxy) is 2. The summed E-state index contributed by atoms with van der Waals surface area (Å²) in [6, 6.07) is 7.51. The van der Waals surface area contributed by atoms with Gasteiger partial charge in [-0.1, -0.05) is 11.3 Å². The molecule has 0 N–H and O–H groups in total. The van der Waals surface area contributed by atoms with Gasteiger partial charge in [-0.05, 0) is 31.2 Å². The molecule has 22 heavy (non-hydrogen) atoms. The first-order valence-electron chi connectivity index (χ1n) is 6.20. The van der Waals surface area contributed by atoms with E-state index in [0.29, 0.717) is 18.1 Å². The monoisotopic (exact) mass is 343 g/mol. The molecule has 0 saturated heterocycles. The minimum atomic E-state index is -3.53. The topological polar surface area (TPSA) is 95.7 Å². The molecule has 0 bridgehead atoms. The van der Waals surface area contributed by atoms with Crippen molar-refractivity contribution < 1.29 is 22.8 Å². The highest BCUT2D eigenvalue weighted by Gasteiger charge is 2.25. The van der Waals surface area contributed by atoms with Gasteiger partial charge in [-0.2, -0.15) is 0 Å². The smallest absolute Gasteiger partial charge is 0.324 e. The van der Waals surface area contributed by atoms with Gasteiger partial charge in [0.25, 0.3) is 5.06 Å². The van der Waals surface area contributed by atoms with Crippen molar-refractivity contribution in [2.45, 2.75) is 11.1 Å². The Morgan fingerprint density at radius 2 is 1.82 bits per heavy atom. The largest absolute Gasteiger partial charge is 0.494 e. The first-order chi connectivity index (χ1) is 10.3. The number of rotatable bonds is 6. The molecule has 0 aliphatic rings. The fraction of sp³-hybridized carbons (Fsp3) is 0.231. The maximum atomic E-state index is 11.5. The molecule has 0 atom stereocenters. The summed E-state index contributed by atoms with van der Waals surface area (Å²) >= 11 is 0.721. The van der Waals surface area contributed by atoms with Crippen molar-refractivity contribution in [1.82, 2.24) is 0 Å². The van der Waals surface area contributed by atoms with E-state index < -0.39 is 14.8 Å². The van der Waals surface area contributed by atoms with E-state index in [4.69, 9.17) is 9.47 Å². The van der Waals surface area contributed by atoms with Gasteiger partial charge in [0.2, 0.25) is 0 Å². The van der Waals surface area contributed by atoms with Gasteiger partial charge >= 0.3 is 5.69 Å². The number of hydrogen-bond donors (Lipinski definition) is 0. The van der Waals surface area contributed by atoms with Gasteiger partial charge in [0.15, 0.2) is 9.84 Å².